The normalized spacial score (nSPS) is 10.5. The minimum atomic E-state index is -1.15. The summed E-state index contributed by atoms with van der Waals surface area (Å²) in [6.45, 7) is 0. The van der Waals surface area contributed by atoms with Crippen LogP contribution in [0.5, 0.6) is 5.75 Å². The number of aliphatic carboxylic acids is 1. The lowest BCUT2D eigenvalue weighted by molar-refractivity contribution is -0.131. The van der Waals surface area contributed by atoms with Gasteiger partial charge in [0.2, 0.25) is 0 Å². The second-order valence-corrected chi connectivity index (χ2v) is 2.79. The van der Waals surface area contributed by atoms with Crippen molar-refractivity contribution < 1.29 is 19.0 Å². The fourth-order valence-electron chi connectivity index (χ4n) is 1.05. The molecule has 0 fully saturated rings. The van der Waals surface area contributed by atoms with Gasteiger partial charge in [-0.05, 0) is 12.1 Å². The zero-order chi connectivity index (χ0) is 11.4. The summed E-state index contributed by atoms with van der Waals surface area (Å²) in [5, 5.41) is 8.38. The van der Waals surface area contributed by atoms with Gasteiger partial charge in [-0.15, -0.1) is 0 Å². The van der Waals surface area contributed by atoms with Crippen molar-refractivity contribution in [3.8, 4) is 5.75 Å². The quantitative estimate of drug-likeness (QED) is 0.587. The van der Waals surface area contributed by atoms with Gasteiger partial charge in [-0.25, -0.2) is 9.18 Å². The van der Waals surface area contributed by atoms with E-state index in [4.69, 9.17) is 15.6 Å². The number of hydrogen-bond acceptors (Lipinski definition) is 3. The number of nitrogen functional groups attached to an aromatic ring is 1. The number of hydrogen-bond donors (Lipinski definition) is 2. The average molecular weight is 211 g/mol. The number of ether oxygens (including phenoxy) is 1. The predicted octanol–water partition coefficient (Wildman–Crippen LogP) is 1.51. The van der Waals surface area contributed by atoms with Gasteiger partial charge in [0.05, 0.1) is 12.8 Å². The molecule has 0 spiro atoms. The lowest BCUT2D eigenvalue weighted by Crippen LogP contribution is -1.95. The number of carboxylic acid groups (broad SMARTS) is 1. The van der Waals surface area contributed by atoms with Crippen LogP contribution in [0.1, 0.15) is 5.56 Å². The first-order valence-electron chi connectivity index (χ1n) is 4.08. The smallest absolute Gasteiger partial charge is 0.328 e. The molecule has 0 amide bonds. The molecule has 0 saturated carbocycles. The molecule has 3 N–H and O–H groups in total. The molecule has 0 aromatic heterocycles. The van der Waals surface area contributed by atoms with Crippen molar-refractivity contribution in [3.05, 3.63) is 29.6 Å². The van der Waals surface area contributed by atoms with E-state index in [0.29, 0.717) is 5.75 Å². The number of nitrogens with two attached hydrogens (primary N) is 1. The molecule has 1 aromatic carbocycles. The molecule has 1 aromatic rings. The highest BCUT2D eigenvalue weighted by molar-refractivity contribution is 5.85. The van der Waals surface area contributed by atoms with Crippen LogP contribution in [0.4, 0.5) is 10.1 Å². The van der Waals surface area contributed by atoms with Gasteiger partial charge in [-0.3, -0.25) is 0 Å². The summed E-state index contributed by atoms with van der Waals surface area (Å²) in [4.78, 5) is 10.2. The highest BCUT2D eigenvalue weighted by Gasteiger charge is 2.06. The Morgan fingerprint density at radius 3 is 2.80 bits per heavy atom. The fraction of sp³-hybridized carbons (Fsp3) is 0.100. The van der Waals surface area contributed by atoms with E-state index in [-0.39, 0.29) is 11.3 Å². The second-order valence-electron chi connectivity index (χ2n) is 2.79. The van der Waals surface area contributed by atoms with Crippen LogP contribution in [-0.4, -0.2) is 18.2 Å². The number of anilines is 1. The Morgan fingerprint density at radius 1 is 1.60 bits per heavy atom. The lowest BCUT2D eigenvalue weighted by atomic mass is 10.1. The van der Waals surface area contributed by atoms with Gasteiger partial charge in [0, 0.05) is 17.7 Å². The average Bonchev–Trinajstić information content (AvgIpc) is 2.16. The van der Waals surface area contributed by atoms with Gasteiger partial charge in [-0.2, -0.15) is 0 Å². The molecule has 0 radical (unpaired) electrons. The fourth-order valence-corrected chi connectivity index (χ4v) is 1.05. The largest absolute Gasteiger partial charge is 0.495 e. The zero-order valence-electron chi connectivity index (χ0n) is 8.03. The highest BCUT2D eigenvalue weighted by atomic mass is 19.1. The molecule has 0 aliphatic carbocycles. The van der Waals surface area contributed by atoms with Gasteiger partial charge in [-0.1, -0.05) is 0 Å². The summed E-state index contributed by atoms with van der Waals surface area (Å²) in [6, 6.07) is 2.42. The summed E-state index contributed by atoms with van der Waals surface area (Å²) in [6.07, 6.45) is 1.98. The standard InChI is InChI=1S/C10H10FNO3/c1-15-9-4-6(2-3-10(13)14)7(11)5-8(9)12/h2-5H,12H2,1H3,(H,13,14). The molecule has 4 nitrogen and oxygen atoms in total. The zero-order valence-corrected chi connectivity index (χ0v) is 8.03. The summed E-state index contributed by atoms with van der Waals surface area (Å²) in [5.41, 5.74) is 5.73. The van der Waals surface area contributed by atoms with Crippen LogP contribution in [0.15, 0.2) is 18.2 Å². The molecule has 5 heteroatoms. The first-order valence-corrected chi connectivity index (χ1v) is 4.08. The molecule has 80 valence electrons. The molecule has 15 heavy (non-hydrogen) atoms. The van der Waals surface area contributed by atoms with E-state index in [0.717, 1.165) is 18.2 Å². The third-order valence-corrected chi connectivity index (χ3v) is 1.75. The van der Waals surface area contributed by atoms with Crippen molar-refractivity contribution in [2.24, 2.45) is 0 Å². The molecule has 0 atom stereocenters. The topological polar surface area (TPSA) is 72.5 Å². The number of benzene rings is 1. The van der Waals surface area contributed by atoms with Gasteiger partial charge in [0.1, 0.15) is 11.6 Å². The van der Waals surface area contributed by atoms with E-state index in [9.17, 15) is 9.18 Å². The van der Waals surface area contributed by atoms with Crippen molar-refractivity contribution in [2.45, 2.75) is 0 Å². The molecular weight excluding hydrogens is 201 g/mol. The number of halogens is 1. The van der Waals surface area contributed by atoms with Crippen LogP contribution in [0.2, 0.25) is 0 Å². The van der Waals surface area contributed by atoms with E-state index in [1.165, 1.54) is 13.2 Å². The van der Waals surface area contributed by atoms with Crippen molar-refractivity contribution in [3.63, 3.8) is 0 Å². The summed E-state index contributed by atoms with van der Waals surface area (Å²) in [7, 11) is 1.40. The molecular formula is C10H10FNO3. The molecule has 0 aliphatic rings. The van der Waals surface area contributed by atoms with Crippen LogP contribution in [-0.2, 0) is 4.79 Å². The Balaban J connectivity index is 3.13. The van der Waals surface area contributed by atoms with Gasteiger partial charge in [0.15, 0.2) is 0 Å². The van der Waals surface area contributed by atoms with E-state index in [2.05, 4.69) is 0 Å². The SMILES string of the molecule is COc1cc(C=CC(=O)O)c(F)cc1N. The lowest BCUT2D eigenvalue weighted by Gasteiger charge is -2.06. The van der Waals surface area contributed by atoms with E-state index in [1.54, 1.807) is 0 Å². The van der Waals surface area contributed by atoms with Crippen molar-refractivity contribution in [1.29, 1.82) is 0 Å². The van der Waals surface area contributed by atoms with Crippen LogP contribution in [0.3, 0.4) is 0 Å². The first-order chi connectivity index (χ1) is 7.04. The second kappa shape index (κ2) is 4.45. The van der Waals surface area contributed by atoms with Crippen molar-refractivity contribution >= 4 is 17.7 Å². The monoisotopic (exact) mass is 211 g/mol. The minimum absolute atomic E-state index is 0.114. The van der Waals surface area contributed by atoms with Crippen LogP contribution < -0.4 is 10.5 Å². The number of rotatable bonds is 3. The summed E-state index contributed by atoms with van der Waals surface area (Å²) >= 11 is 0. The summed E-state index contributed by atoms with van der Waals surface area (Å²) < 4.78 is 18.1. The van der Waals surface area contributed by atoms with E-state index < -0.39 is 11.8 Å². The molecule has 1 rings (SSSR count). The van der Waals surface area contributed by atoms with Gasteiger partial charge in [0.25, 0.3) is 0 Å². The molecule has 0 aliphatic heterocycles. The Bertz CT molecular complexity index is 415. The first kappa shape index (κ1) is 11.0. The van der Waals surface area contributed by atoms with Crippen molar-refractivity contribution in [1.82, 2.24) is 0 Å². The third kappa shape index (κ3) is 2.70. The van der Waals surface area contributed by atoms with Crippen LogP contribution in [0.25, 0.3) is 6.08 Å². The highest BCUT2D eigenvalue weighted by Crippen LogP contribution is 2.25. The molecule has 0 bridgehead atoms. The number of carbonyl (C=O) groups is 1. The number of carboxylic acids is 1. The molecule has 0 saturated heterocycles. The predicted molar refractivity (Wildman–Crippen MR) is 54.0 cm³/mol. The minimum Gasteiger partial charge on any atom is -0.495 e. The Morgan fingerprint density at radius 2 is 2.27 bits per heavy atom. The Hall–Kier alpha value is -2.04. The Labute approximate surface area is 85.8 Å². The van der Waals surface area contributed by atoms with Gasteiger partial charge >= 0.3 is 5.97 Å². The Kier molecular flexibility index (Phi) is 3.28. The molecule has 0 heterocycles. The maximum atomic E-state index is 13.2. The van der Waals surface area contributed by atoms with Crippen molar-refractivity contribution in [2.75, 3.05) is 12.8 Å². The van der Waals surface area contributed by atoms with Crippen LogP contribution >= 0.6 is 0 Å². The third-order valence-electron chi connectivity index (χ3n) is 1.75. The number of methoxy groups -OCH3 is 1. The van der Waals surface area contributed by atoms with E-state index >= 15 is 0 Å². The van der Waals surface area contributed by atoms with Gasteiger partial charge < -0.3 is 15.6 Å². The summed E-state index contributed by atoms with van der Waals surface area (Å²) in [5.74, 6) is -1.43. The van der Waals surface area contributed by atoms with Crippen LogP contribution in [0, 0.1) is 5.82 Å². The molecule has 0 unspecified atom stereocenters. The maximum Gasteiger partial charge on any atom is 0.328 e. The van der Waals surface area contributed by atoms with E-state index in [1.807, 2.05) is 0 Å². The maximum absolute atomic E-state index is 13.2.